The first-order chi connectivity index (χ1) is 9.08. The van der Waals surface area contributed by atoms with Crippen LogP contribution in [-0.4, -0.2) is 36.5 Å². The van der Waals surface area contributed by atoms with E-state index in [4.69, 9.17) is 10.5 Å². The molecular weight excluding hydrogens is 260 g/mol. The molecule has 0 bridgehead atoms. The van der Waals surface area contributed by atoms with E-state index in [-0.39, 0.29) is 18.1 Å². The molecule has 0 radical (unpaired) electrons. The number of carbonyl (C=O) groups excluding carboxylic acids is 1. The van der Waals surface area contributed by atoms with Crippen LogP contribution in [0.4, 0.5) is 0 Å². The lowest BCUT2D eigenvalue weighted by molar-refractivity contribution is -0.140. The van der Waals surface area contributed by atoms with Crippen LogP contribution in [0, 0.1) is 5.92 Å². The quantitative estimate of drug-likeness (QED) is 0.919. The van der Waals surface area contributed by atoms with E-state index >= 15 is 0 Å². The molecule has 1 fully saturated rings. The molecule has 1 aliphatic heterocycles. The molecule has 0 spiro atoms. The number of hydrogen-bond acceptors (Lipinski definition) is 4. The van der Waals surface area contributed by atoms with Crippen LogP contribution in [0.25, 0.3) is 0 Å². The van der Waals surface area contributed by atoms with Gasteiger partial charge >= 0.3 is 0 Å². The Labute approximate surface area is 118 Å². The van der Waals surface area contributed by atoms with Gasteiger partial charge in [-0.2, -0.15) is 0 Å². The van der Waals surface area contributed by atoms with Crippen LogP contribution < -0.4 is 5.73 Å². The molecule has 0 aromatic carbocycles. The molecule has 2 N–H and O–H groups in total. The van der Waals surface area contributed by atoms with E-state index in [9.17, 15) is 4.79 Å². The van der Waals surface area contributed by atoms with Gasteiger partial charge in [0.2, 0.25) is 5.91 Å². The van der Waals surface area contributed by atoms with Crippen LogP contribution >= 0.6 is 11.3 Å². The molecule has 0 aliphatic carbocycles. The van der Waals surface area contributed by atoms with Gasteiger partial charge in [-0.05, 0) is 23.8 Å². The first kappa shape index (κ1) is 14.5. The van der Waals surface area contributed by atoms with Crippen molar-refractivity contribution < 1.29 is 9.53 Å². The second kappa shape index (κ2) is 6.50. The Bertz CT molecular complexity index is 406. The predicted molar refractivity (Wildman–Crippen MR) is 77.0 cm³/mol. The zero-order valence-corrected chi connectivity index (χ0v) is 12.4. The molecule has 1 unspecified atom stereocenters. The maximum absolute atomic E-state index is 12.3. The van der Waals surface area contributed by atoms with Gasteiger partial charge in [-0.3, -0.25) is 4.79 Å². The van der Waals surface area contributed by atoms with Crippen LogP contribution in [-0.2, 0) is 9.53 Å². The monoisotopic (exact) mass is 282 g/mol. The van der Waals surface area contributed by atoms with Gasteiger partial charge in [0.15, 0.2) is 0 Å². The van der Waals surface area contributed by atoms with Crippen LogP contribution in [0.5, 0.6) is 0 Å². The maximum Gasteiger partial charge on any atom is 0.239 e. The fraction of sp³-hybridized carbons (Fsp3) is 0.643. The summed E-state index contributed by atoms with van der Waals surface area (Å²) >= 11 is 1.67. The van der Waals surface area contributed by atoms with Crippen molar-refractivity contribution in [2.45, 2.75) is 32.4 Å². The Morgan fingerprint density at radius 2 is 2.42 bits per heavy atom. The molecular formula is C14H22N2O2S. The average molecular weight is 282 g/mol. The first-order valence-electron chi connectivity index (χ1n) is 6.77. The lowest BCUT2D eigenvalue weighted by atomic mass is 10.0. The molecule has 1 saturated heterocycles. The van der Waals surface area contributed by atoms with Crippen molar-refractivity contribution in [3.05, 3.63) is 22.4 Å². The molecule has 4 nitrogen and oxygen atoms in total. The molecule has 2 atom stereocenters. The lowest BCUT2D eigenvalue weighted by Gasteiger charge is -2.34. The highest BCUT2D eigenvalue weighted by Gasteiger charge is 2.28. The van der Waals surface area contributed by atoms with Gasteiger partial charge in [-0.1, -0.05) is 19.9 Å². The highest BCUT2D eigenvalue weighted by molar-refractivity contribution is 7.10. The number of rotatable bonds is 4. The van der Waals surface area contributed by atoms with Gasteiger partial charge in [0.1, 0.15) is 6.10 Å². The van der Waals surface area contributed by atoms with Gasteiger partial charge in [-0.25, -0.2) is 0 Å². The molecule has 1 aromatic heterocycles. The van der Waals surface area contributed by atoms with Crippen molar-refractivity contribution in [2.75, 3.05) is 19.7 Å². The molecule has 5 heteroatoms. The summed E-state index contributed by atoms with van der Waals surface area (Å²) in [7, 11) is 0. The van der Waals surface area contributed by atoms with E-state index in [0.29, 0.717) is 25.6 Å². The molecule has 106 valence electrons. The van der Waals surface area contributed by atoms with E-state index in [0.717, 1.165) is 6.42 Å². The molecule has 2 heterocycles. The highest BCUT2D eigenvalue weighted by atomic mass is 32.1. The summed E-state index contributed by atoms with van der Waals surface area (Å²) in [6.07, 6.45) is 0.740. The van der Waals surface area contributed by atoms with E-state index in [1.165, 1.54) is 4.88 Å². The van der Waals surface area contributed by atoms with Crippen molar-refractivity contribution in [3.8, 4) is 0 Å². The largest absolute Gasteiger partial charge is 0.369 e. The Hall–Kier alpha value is -0.910. The zero-order valence-electron chi connectivity index (χ0n) is 11.5. The second-order valence-corrected chi connectivity index (χ2v) is 6.37. The smallest absolute Gasteiger partial charge is 0.239 e. The minimum Gasteiger partial charge on any atom is -0.369 e. The van der Waals surface area contributed by atoms with Gasteiger partial charge in [0, 0.05) is 11.4 Å². The maximum atomic E-state index is 12.3. The Balaban J connectivity index is 1.95. The number of carbonyl (C=O) groups is 1. The molecule has 1 aromatic rings. The van der Waals surface area contributed by atoms with Gasteiger partial charge in [0.05, 0.1) is 19.2 Å². The van der Waals surface area contributed by atoms with Crippen molar-refractivity contribution in [1.29, 1.82) is 0 Å². The third kappa shape index (κ3) is 3.78. The third-order valence-electron chi connectivity index (χ3n) is 3.28. The summed E-state index contributed by atoms with van der Waals surface area (Å²) in [6, 6.07) is 3.67. The third-order valence-corrected chi connectivity index (χ3v) is 4.25. The predicted octanol–water partition coefficient (Wildman–Crippen LogP) is 2.02. The van der Waals surface area contributed by atoms with Crippen LogP contribution in [0.2, 0.25) is 0 Å². The number of thiophene rings is 1. The Morgan fingerprint density at radius 3 is 3.05 bits per heavy atom. The summed E-state index contributed by atoms with van der Waals surface area (Å²) < 4.78 is 5.74. The summed E-state index contributed by atoms with van der Waals surface area (Å²) in [5, 5.41) is 2.03. The van der Waals surface area contributed by atoms with E-state index in [1.807, 2.05) is 16.3 Å². The highest BCUT2D eigenvalue weighted by Crippen LogP contribution is 2.26. The minimum atomic E-state index is -0.387. The molecule has 0 saturated carbocycles. The number of hydrogen-bond donors (Lipinski definition) is 1. The minimum absolute atomic E-state index is 0.00366. The first-order valence-corrected chi connectivity index (χ1v) is 7.65. The lowest BCUT2D eigenvalue weighted by Crippen LogP contribution is -2.49. The Morgan fingerprint density at radius 1 is 1.63 bits per heavy atom. The van der Waals surface area contributed by atoms with Crippen molar-refractivity contribution >= 4 is 17.2 Å². The van der Waals surface area contributed by atoms with Crippen molar-refractivity contribution in [2.24, 2.45) is 11.7 Å². The standard InChI is InChI=1S/C14H22N2O2S/c1-10(2)8-11(15)14(17)16-5-6-18-12(9-16)13-4-3-7-19-13/h3-4,7,10-12H,5-6,8-9,15H2,1-2H3/t11-,12?/m0/s1. The van der Waals surface area contributed by atoms with Crippen molar-refractivity contribution in [3.63, 3.8) is 0 Å². The van der Waals surface area contributed by atoms with Crippen LogP contribution in [0.15, 0.2) is 17.5 Å². The summed E-state index contributed by atoms with van der Waals surface area (Å²) in [4.78, 5) is 15.3. The normalized spacial score (nSPS) is 21.7. The summed E-state index contributed by atoms with van der Waals surface area (Å²) in [5.41, 5.74) is 5.98. The van der Waals surface area contributed by atoms with Gasteiger partial charge in [0.25, 0.3) is 0 Å². The second-order valence-electron chi connectivity index (χ2n) is 5.40. The number of amides is 1. The average Bonchev–Trinajstić information content (AvgIpc) is 2.91. The summed E-state index contributed by atoms with van der Waals surface area (Å²) in [5.74, 6) is 0.492. The molecule has 1 aliphatic rings. The van der Waals surface area contributed by atoms with Gasteiger partial charge < -0.3 is 15.4 Å². The number of ether oxygens (including phenoxy) is 1. The SMILES string of the molecule is CC(C)C[C@H](N)C(=O)N1CCOC(c2cccs2)C1. The number of nitrogens with zero attached hydrogens (tertiary/aromatic N) is 1. The van der Waals surface area contributed by atoms with E-state index < -0.39 is 0 Å². The Kier molecular flexibility index (Phi) is 4.96. The topological polar surface area (TPSA) is 55.6 Å². The van der Waals surface area contributed by atoms with Crippen LogP contribution in [0.1, 0.15) is 31.2 Å². The fourth-order valence-corrected chi connectivity index (χ4v) is 3.11. The molecule has 19 heavy (non-hydrogen) atoms. The summed E-state index contributed by atoms with van der Waals surface area (Å²) in [6.45, 7) is 6.02. The molecule has 2 rings (SSSR count). The van der Waals surface area contributed by atoms with E-state index in [1.54, 1.807) is 11.3 Å². The van der Waals surface area contributed by atoms with Crippen LogP contribution in [0.3, 0.4) is 0 Å². The number of morpholine rings is 1. The van der Waals surface area contributed by atoms with Crippen molar-refractivity contribution in [1.82, 2.24) is 4.90 Å². The van der Waals surface area contributed by atoms with E-state index in [2.05, 4.69) is 19.9 Å². The number of nitrogens with two attached hydrogens (primary N) is 1. The fourth-order valence-electron chi connectivity index (χ4n) is 2.34. The van der Waals surface area contributed by atoms with Gasteiger partial charge in [-0.15, -0.1) is 11.3 Å². The zero-order chi connectivity index (χ0) is 13.8. The molecule has 1 amide bonds.